The first-order valence-corrected chi connectivity index (χ1v) is 10.3. The second-order valence-electron chi connectivity index (χ2n) is 5.66. The molecule has 0 unspecified atom stereocenters. The van der Waals surface area contributed by atoms with Gasteiger partial charge < -0.3 is 4.57 Å². The lowest BCUT2D eigenvalue weighted by molar-refractivity contribution is -0.121. The molecular formula is C17H17FN4O3S2. The Hall–Kier alpha value is -2.56. The molecule has 0 saturated carbocycles. The summed E-state index contributed by atoms with van der Waals surface area (Å²) in [4.78, 5) is 12.5. The molecule has 0 radical (unpaired) electrons. The van der Waals surface area contributed by atoms with Crippen LogP contribution in [0.2, 0.25) is 0 Å². The van der Waals surface area contributed by atoms with Crippen LogP contribution in [0.15, 0.2) is 58.5 Å². The molecule has 3 rings (SSSR count). The SMILES string of the molecule is Cn1/c(=N/NC(=O)CCNS(=O)(=O)c2ccc(F)cc2)sc2ccccc21. The van der Waals surface area contributed by atoms with Crippen molar-refractivity contribution < 1.29 is 17.6 Å². The Labute approximate surface area is 159 Å². The van der Waals surface area contributed by atoms with Crippen LogP contribution in [-0.4, -0.2) is 25.4 Å². The Bertz CT molecular complexity index is 1130. The van der Waals surface area contributed by atoms with Gasteiger partial charge in [0.25, 0.3) is 0 Å². The van der Waals surface area contributed by atoms with Crippen LogP contribution in [0.5, 0.6) is 0 Å². The number of rotatable bonds is 6. The fraction of sp³-hybridized carbons (Fsp3) is 0.176. The fourth-order valence-corrected chi connectivity index (χ4v) is 4.36. The third kappa shape index (κ3) is 4.59. The van der Waals surface area contributed by atoms with E-state index in [2.05, 4.69) is 15.2 Å². The van der Waals surface area contributed by atoms with Gasteiger partial charge in [-0.2, -0.15) is 0 Å². The topological polar surface area (TPSA) is 92.6 Å². The molecule has 0 spiro atoms. The van der Waals surface area contributed by atoms with E-state index in [0.717, 1.165) is 34.5 Å². The summed E-state index contributed by atoms with van der Waals surface area (Å²) < 4.78 is 42.2. The number of carbonyl (C=O) groups is 1. The maximum atomic E-state index is 12.9. The molecule has 1 amide bonds. The zero-order valence-corrected chi connectivity index (χ0v) is 16.0. The highest BCUT2D eigenvalue weighted by Gasteiger charge is 2.14. The molecule has 27 heavy (non-hydrogen) atoms. The maximum absolute atomic E-state index is 12.9. The molecule has 7 nitrogen and oxygen atoms in total. The minimum atomic E-state index is -3.79. The van der Waals surface area contributed by atoms with E-state index in [1.54, 1.807) is 0 Å². The number of nitrogens with one attached hydrogen (secondary N) is 2. The summed E-state index contributed by atoms with van der Waals surface area (Å²) in [6.45, 7) is -0.0976. The zero-order chi connectivity index (χ0) is 19.4. The van der Waals surface area contributed by atoms with Gasteiger partial charge in [-0.25, -0.2) is 23.0 Å². The molecule has 142 valence electrons. The number of aromatic nitrogens is 1. The predicted molar refractivity (Wildman–Crippen MR) is 101 cm³/mol. The van der Waals surface area contributed by atoms with Crippen LogP contribution in [-0.2, 0) is 21.9 Å². The van der Waals surface area contributed by atoms with Crippen LogP contribution in [0.1, 0.15) is 6.42 Å². The number of hydrogen-bond donors (Lipinski definition) is 2. The summed E-state index contributed by atoms with van der Waals surface area (Å²) in [5, 5.41) is 4.09. The highest BCUT2D eigenvalue weighted by atomic mass is 32.2. The van der Waals surface area contributed by atoms with Gasteiger partial charge in [-0.3, -0.25) is 4.79 Å². The fourth-order valence-electron chi connectivity index (χ4n) is 2.35. The maximum Gasteiger partial charge on any atom is 0.241 e. The average Bonchev–Trinajstić information content (AvgIpc) is 2.96. The first kappa shape index (κ1) is 19.2. The van der Waals surface area contributed by atoms with Crippen molar-refractivity contribution in [3.63, 3.8) is 0 Å². The first-order chi connectivity index (χ1) is 12.9. The number of halogens is 1. The molecule has 1 aromatic heterocycles. The number of thiazole rings is 1. The van der Waals surface area contributed by atoms with E-state index in [0.29, 0.717) is 4.80 Å². The number of nitrogens with zero attached hydrogens (tertiary/aromatic N) is 2. The van der Waals surface area contributed by atoms with E-state index in [1.807, 2.05) is 35.9 Å². The minimum Gasteiger partial charge on any atom is -0.318 e. The summed E-state index contributed by atoms with van der Waals surface area (Å²) >= 11 is 1.43. The van der Waals surface area contributed by atoms with Gasteiger partial charge in [0.2, 0.25) is 20.7 Å². The van der Waals surface area contributed by atoms with Gasteiger partial charge in [0, 0.05) is 20.0 Å². The number of carbonyl (C=O) groups excluding carboxylic acids is 1. The van der Waals surface area contributed by atoms with Crippen molar-refractivity contribution in [2.24, 2.45) is 12.1 Å². The molecule has 0 atom stereocenters. The van der Waals surface area contributed by atoms with Crippen LogP contribution in [0.25, 0.3) is 10.2 Å². The van der Waals surface area contributed by atoms with Crippen molar-refractivity contribution in [1.82, 2.24) is 14.7 Å². The number of hydrogen-bond acceptors (Lipinski definition) is 5. The summed E-state index contributed by atoms with van der Waals surface area (Å²) in [7, 11) is -1.95. The number of aryl methyl sites for hydroxylation is 1. The molecule has 0 aliphatic heterocycles. The quantitative estimate of drug-likeness (QED) is 0.608. The molecule has 2 N–H and O–H groups in total. The molecule has 10 heteroatoms. The van der Waals surface area contributed by atoms with Gasteiger partial charge in [0.15, 0.2) is 0 Å². The van der Waals surface area contributed by atoms with E-state index < -0.39 is 21.7 Å². The van der Waals surface area contributed by atoms with Crippen LogP contribution < -0.4 is 14.9 Å². The number of para-hydroxylation sites is 1. The summed E-state index contributed by atoms with van der Waals surface area (Å²) in [5.74, 6) is -0.946. The Morgan fingerprint density at radius 1 is 1.19 bits per heavy atom. The molecule has 2 aromatic carbocycles. The second-order valence-corrected chi connectivity index (χ2v) is 8.44. The van der Waals surface area contributed by atoms with Gasteiger partial charge in [0.1, 0.15) is 5.82 Å². The molecule has 0 aliphatic rings. The van der Waals surface area contributed by atoms with Gasteiger partial charge >= 0.3 is 0 Å². The third-order valence-corrected chi connectivity index (χ3v) is 6.35. The van der Waals surface area contributed by atoms with Crippen molar-refractivity contribution in [2.45, 2.75) is 11.3 Å². The molecule has 1 heterocycles. The van der Waals surface area contributed by atoms with Crippen LogP contribution >= 0.6 is 11.3 Å². The van der Waals surface area contributed by atoms with Crippen molar-refractivity contribution in [1.29, 1.82) is 0 Å². The van der Waals surface area contributed by atoms with E-state index in [4.69, 9.17) is 0 Å². The molecule has 0 fully saturated rings. The van der Waals surface area contributed by atoms with E-state index in [1.165, 1.54) is 11.3 Å². The Balaban J connectivity index is 1.58. The third-order valence-electron chi connectivity index (χ3n) is 3.76. The van der Waals surface area contributed by atoms with Crippen molar-refractivity contribution >= 4 is 37.5 Å². The van der Waals surface area contributed by atoms with Crippen LogP contribution in [0.3, 0.4) is 0 Å². The Morgan fingerprint density at radius 2 is 1.89 bits per heavy atom. The van der Waals surface area contributed by atoms with Crippen LogP contribution in [0.4, 0.5) is 4.39 Å². The first-order valence-electron chi connectivity index (χ1n) is 7.99. The smallest absolute Gasteiger partial charge is 0.241 e. The van der Waals surface area contributed by atoms with E-state index in [9.17, 15) is 17.6 Å². The largest absolute Gasteiger partial charge is 0.318 e. The predicted octanol–water partition coefficient (Wildman–Crippen LogP) is 1.68. The molecule has 0 saturated heterocycles. The number of amides is 1. The normalized spacial score (nSPS) is 12.4. The standard InChI is InChI=1S/C17H17FN4O3S2/c1-22-14-4-2-3-5-15(14)26-17(22)21-20-16(23)10-11-19-27(24,25)13-8-6-12(18)7-9-13/h2-9,19H,10-11H2,1H3,(H,20,23)/b21-17-. The number of sulfonamides is 1. The van der Waals surface area contributed by atoms with E-state index >= 15 is 0 Å². The Kier molecular flexibility index (Phi) is 5.68. The van der Waals surface area contributed by atoms with Crippen LogP contribution in [0, 0.1) is 5.82 Å². The molecular weight excluding hydrogens is 391 g/mol. The Morgan fingerprint density at radius 3 is 2.59 bits per heavy atom. The summed E-state index contributed by atoms with van der Waals surface area (Å²) in [5.41, 5.74) is 3.43. The lowest BCUT2D eigenvalue weighted by Crippen LogP contribution is -2.30. The molecule has 3 aromatic rings. The average molecular weight is 408 g/mol. The van der Waals surface area contributed by atoms with E-state index in [-0.39, 0.29) is 17.9 Å². The molecule has 0 bridgehead atoms. The molecule has 0 aliphatic carbocycles. The monoisotopic (exact) mass is 408 g/mol. The van der Waals surface area contributed by atoms with Crippen molar-refractivity contribution in [2.75, 3.05) is 6.54 Å². The number of fused-ring (bicyclic) bond motifs is 1. The highest BCUT2D eigenvalue weighted by molar-refractivity contribution is 7.89. The zero-order valence-electron chi connectivity index (χ0n) is 14.3. The second kappa shape index (κ2) is 7.99. The van der Waals surface area contributed by atoms with Gasteiger partial charge in [-0.05, 0) is 36.4 Å². The highest BCUT2D eigenvalue weighted by Crippen LogP contribution is 2.14. The van der Waals surface area contributed by atoms with Gasteiger partial charge in [-0.15, -0.1) is 5.10 Å². The van der Waals surface area contributed by atoms with Crippen molar-refractivity contribution in [3.05, 3.63) is 59.1 Å². The van der Waals surface area contributed by atoms with Gasteiger partial charge in [0.05, 0.1) is 15.1 Å². The van der Waals surface area contributed by atoms with Crippen molar-refractivity contribution in [3.8, 4) is 0 Å². The lowest BCUT2D eigenvalue weighted by atomic mass is 10.3. The minimum absolute atomic E-state index is 0.0636. The van der Waals surface area contributed by atoms with Gasteiger partial charge in [-0.1, -0.05) is 23.5 Å². The summed E-state index contributed by atoms with van der Waals surface area (Å²) in [6.07, 6.45) is -0.0848. The number of benzene rings is 2. The lowest BCUT2D eigenvalue weighted by Gasteiger charge is -2.06. The summed E-state index contributed by atoms with van der Waals surface area (Å²) in [6, 6.07) is 12.2.